The lowest BCUT2D eigenvalue weighted by Gasteiger charge is -2.20. The van der Waals surface area contributed by atoms with Crippen molar-refractivity contribution in [2.24, 2.45) is 4.99 Å². The molecule has 28 heavy (non-hydrogen) atoms. The minimum Gasteiger partial charge on any atom is -0.357 e. The molecular formula is C21H29FIN5. The first kappa shape index (κ1) is 22.4. The fourth-order valence-electron chi connectivity index (χ4n) is 3.38. The van der Waals surface area contributed by atoms with E-state index in [1.807, 2.05) is 4.90 Å². The van der Waals surface area contributed by atoms with Gasteiger partial charge in [0.15, 0.2) is 17.6 Å². The molecule has 0 amide bonds. The van der Waals surface area contributed by atoms with E-state index < -0.39 is 0 Å². The fourth-order valence-corrected chi connectivity index (χ4v) is 3.38. The van der Waals surface area contributed by atoms with Crippen molar-refractivity contribution in [2.45, 2.75) is 39.8 Å². The Kier molecular flexibility index (Phi) is 8.47. The third-order valence-corrected chi connectivity index (χ3v) is 4.82. The largest absolute Gasteiger partial charge is 0.357 e. The molecular weight excluding hydrogens is 468 g/mol. The van der Waals surface area contributed by atoms with Crippen molar-refractivity contribution >= 4 is 35.8 Å². The summed E-state index contributed by atoms with van der Waals surface area (Å²) >= 11 is 0. The number of guanidine groups is 1. The quantitative estimate of drug-likeness (QED) is 0.375. The zero-order chi connectivity index (χ0) is 19.2. The first-order valence-corrected chi connectivity index (χ1v) is 9.53. The van der Waals surface area contributed by atoms with E-state index >= 15 is 0 Å². The van der Waals surface area contributed by atoms with E-state index in [1.54, 1.807) is 12.3 Å². The minimum absolute atomic E-state index is 0. The van der Waals surface area contributed by atoms with Gasteiger partial charge in [0.1, 0.15) is 0 Å². The van der Waals surface area contributed by atoms with Gasteiger partial charge in [-0.25, -0.2) is 14.4 Å². The SMILES string of the molecule is CCNC(=NCc1ccc(C)cc1C)NC1CCN(c2ncccc2F)C1.I. The molecule has 0 spiro atoms. The lowest BCUT2D eigenvalue weighted by atomic mass is 10.1. The Hall–Kier alpha value is -1.90. The summed E-state index contributed by atoms with van der Waals surface area (Å²) in [6, 6.07) is 9.73. The van der Waals surface area contributed by atoms with Crippen molar-refractivity contribution in [3.05, 3.63) is 59.0 Å². The van der Waals surface area contributed by atoms with E-state index in [1.165, 1.54) is 22.8 Å². The number of anilines is 1. The molecule has 1 atom stereocenters. The van der Waals surface area contributed by atoms with E-state index in [0.29, 0.717) is 18.9 Å². The van der Waals surface area contributed by atoms with Gasteiger partial charge in [-0.3, -0.25) is 0 Å². The number of hydrogen-bond donors (Lipinski definition) is 2. The summed E-state index contributed by atoms with van der Waals surface area (Å²) in [5.41, 5.74) is 3.74. The number of aryl methyl sites for hydroxylation is 2. The van der Waals surface area contributed by atoms with Gasteiger partial charge < -0.3 is 15.5 Å². The zero-order valence-corrected chi connectivity index (χ0v) is 19.0. The molecule has 1 aliphatic rings. The van der Waals surface area contributed by atoms with Crippen molar-refractivity contribution in [3.8, 4) is 0 Å². The molecule has 1 aliphatic heterocycles. The lowest BCUT2D eigenvalue weighted by molar-refractivity contribution is 0.612. The van der Waals surface area contributed by atoms with Gasteiger partial charge >= 0.3 is 0 Å². The van der Waals surface area contributed by atoms with Crippen LogP contribution in [0.5, 0.6) is 0 Å². The Morgan fingerprint density at radius 2 is 2.14 bits per heavy atom. The van der Waals surface area contributed by atoms with E-state index in [2.05, 4.69) is 54.6 Å². The average molecular weight is 497 g/mol. The van der Waals surface area contributed by atoms with Crippen molar-refractivity contribution in [3.63, 3.8) is 0 Å². The Morgan fingerprint density at radius 3 is 2.86 bits per heavy atom. The molecule has 7 heteroatoms. The number of rotatable bonds is 5. The Bertz CT molecular complexity index is 811. The second-order valence-electron chi connectivity index (χ2n) is 7.01. The number of aromatic nitrogens is 1. The molecule has 0 bridgehead atoms. The van der Waals surface area contributed by atoms with Crippen LogP contribution in [0.1, 0.15) is 30.0 Å². The predicted molar refractivity (Wildman–Crippen MR) is 124 cm³/mol. The van der Waals surface area contributed by atoms with E-state index in [9.17, 15) is 4.39 Å². The van der Waals surface area contributed by atoms with Crippen LogP contribution in [-0.4, -0.2) is 36.6 Å². The highest BCUT2D eigenvalue weighted by Gasteiger charge is 2.25. The Morgan fingerprint density at radius 1 is 1.32 bits per heavy atom. The highest BCUT2D eigenvalue weighted by Crippen LogP contribution is 2.20. The van der Waals surface area contributed by atoms with Crippen LogP contribution in [0, 0.1) is 19.7 Å². The van der Waals surface area contributed by atoms with E-state index in [4.69, 9.17) is 4.99 Å². The highest BCUT2D eigenvalue weighted by atomic mass is 127. The third-order valence-electron chi connectivity index (χ3n) is 4.82. The van der Waals surface area contributed by atoms with Crippen molar-refractivity contribution in [1.82, 2.24) is 15.6 Å². The maximum atomic E-state index is 14.0. The van der Waals surface area contributed by atoms with Crippen LogP contribution in [0.2, 0.25) is 0 Å². The number of hydrogen-bond acceptors (Lipinski definition) is 3. The maximum Gasteiger partial charge on any atom is 0.191 e. The maximum absolute atomic E-state index is 14.0. The fraction of sp³-hybridized carbons (Fsp3) is 0.429. The van der Waals surface area contributed by atoms with Crippen LogP contribution in [0.4, 0.5) is 10.2 Å². The normalized spacial score (nSPS) is 16.6. The van der Waals surface area contributed by atoms with E-state index in [-0.39, 0.29) is 35.8 Å². The third kappa shape index (κ3) is 5.80. The molecule has 2 heterocycles. The topological polar surface area (TPSA) is 52.6 Å². The summed E-state index contributed by atoms with van der Waals surface area (Å²) in [6.07, 6.45) is 2.55. The smallest absolute Gasteiger partial charge is 0.191 e. The summed E-state index contributed by atoms with van der Waals surface area (Å²) in [6.45, 7) is 9.19. The first-order valence-electron chi connectivity index (χ1n) is 9.53. The molecule has 1 saturated heterocycles. The number of aliphatic imine (C=N–C) groups is 1. The van der Waals surface area contributed by atoms with Crippen LogP contribution < -0.4 is 15.5 Å². The van der Waals surface area contributed by atoms with Gasteiger partial charge in [-0.2, -0.15) is 0 Å². The minimum atomic E-state index is -0.270. The van der Waals surface area contributed by atoms with Gasteiger partial charge in [0.05, 0.1) is 6.54 Å². The van der Waals surface area contributed by atoms with Crippen molar-refractivity contribution < 1.29 is 4.39 Å². The summed E-state index contributed by atoms with van der Waals surface area (Å²) in [5.74, 6) is 0.957. The summed E-state index contributed by atoms with van der Waals surface area (Å²) < 4.78 is 14.0. The molecule has 0 saturated carbocycles. The predicted octanol–water partition coefficient (Wildman–Crippen LogP) is 3.79. The molecule has 2 N–H and O–H groups in total. The van der Waals surface area contributed by atoms with Gasteiger partial charge in [-0.15, -0.1) is 24.0 Å². The number of nitrogens with one attached hydrogen (secondary N) is 2. The van der Waals surface area contributed by atoms with Gasteiger partial charge in [0.2, 0.25) is 0 Å². The molecule has 3 rings (SSSR count). The zero-order valence-electron chi connectivity index (χ0n) is 16.7. The first-order chi connectivity index (χ1) is 13.1. The lowest BCUT2D eigenvalue weighted by Crippen LogP contribution is -2.44. The number of halogens is 2. The number of benzene rings is 1. The molecule has 1 aromatic carbocycles. The number of nitrogens with zero attached hydrogens (tertiary/aromatic N) is 3. The second-order valence-corrected chi connectivity index (χ2v) is 7.01. The molecule has 0 aliphatic carbocycles. The van der Waals surface area contributed by atoms with Gasteiger partial charge in [-0.05, 0) is 50.5 Å². The molecule has 0 radical (unpaired) electrons. The van der Waals surface area contributed by atoms with Crippen molar-refractivity contribution in [1.29, 1.82) is 0 Å². The van der Waals surface area contributed by atoms with Crippen molar-refractivity contribution in [2.75, 3.05) is 24.5 Å². The van der Waals surface area contributed by atoms with Crippen LogP contribution >= 0.6 is 24.0 Å². The van der Waals surface area contributed by atoms with Crippen LogP contribution in [0.25, 0.3) is 0 Å². The summed E-state index contributed by atoms with van der Waals surface area (Å²) in [7, 11) is 0. The van der Waals surface area contributed by atoms with Crippen LogP contribution in [-0.2, 0) is 6.54 Å². The highest BCUT2D eigenvalue weighted by molar-refractivity contribution is 14.0. The summed E-state index contributed by atoms with van der Waals surface area (Å²) in [5, 5.41) is 6.79. The molecule has 152 valence electrons. The Balaban J connectivity index is 0.00000280. The van der Waals surface area contributed by atoms with Gasteiger partial charge in [0.25, 0.3) is 0 Å². The van der Waals surface area contributed by atoms with Gasteiger partial charge in [-0.1, -0.05) is 23.8 Å². The van der Waals surface area contributed by atoms with E-state index in [0.717, 1.165) is 25.5 Å². The molecule has 1 fully saturated rings. The molecule has 2 aromatic rings. The molecule has 5 nitrogen and oxygen atoms in total. The van der Waals surface area contributed by atoms with Crippen LogP contribution in [0.3, 0.4) is 0 Å². The second kappa shape index (κ2) is 10.6. The Labute approximate surface area is 183 Å². The summed E-state index contributed by atoms with van der Waals surface area (Å²) in [4.78, 5) is 10.9. The number of pyridine rings is 1. The monoisotopic (exact) mass is 497 g/mol. The molecule has 1 aromatic heterocycles. The molecule has 1 unspecified atom stereocenters. The van der Waals surface area contributed by atoms with Gasteiger partial charge in [0, 0.05) is 31.9 Å². The van der Waals surface area contributed by atoms with Crippen LogP contribution in [0.15, 0.2) is 41.5 Å². The average Bonchev–Trinajstić information content (AvgIpc) is 3.09. The standard InChI is InChI=1S/C21H28FN5.HI/c1-4-23-21(25-13-17-8-7-15(2)12-16(17)3)26-18-9-11-27(14-18)20-19(22)6-5-10-24-20;/h5-8,10,12,18H,4,9,11,13-14H2,1-3H3,(H2,23,25,26);1H.